The molecule has 0 heterocycles. The Morgan fingerprint density at radius 3 is 2.60 bits per heavy atom. The van der Waals surface area contributed by atoms with E-state index in [4.69, 9.17) is 5.73 Å². The number of phenols is 1. The van der Waals surface area contributed by atoms with Crippen molar-refractivity contribution in [3.63, 3.8) is 0 Å². The second-order valence-electron chi connectivity index (χ2n) is 4.35. The minimum Gasteiger partial charge on any atom is -0.508 e. The molecule has 2 nitrogen and oxygen atoms in total. The molecular weight excluding hydrogens is 193 g/mol. The Morgan fingerprint density at radius 1 is 1.33 bits per heavy atom. The summed E-state index contributed by atoms with van der Waals surface area (Å²) in [6.07, 6.45) is 4.10. The predicted molar refractivity (Wildman–Crippen MR) is 57.3 cm³/mol. The van der Waals surface area contributed by atoms with Crippen molar-refractivity contribution >= 4 is 0 Å². The first kappa shape index (κ1) is 10.4. The number of aromatic hydroxyl groups is 1. The van der Waals surface area contributed by atoms with Gasteiger partial charge in [-0.25, -0.2) is 4.39 Å². The molecule has 0 unspecified atom stereocenters. The lowest BCUT2D eigenvalue weighted by atomic mass is 9.78. The Hall–Kier alpha value is -1.09. The third-order valence-corrected chi connectivity index (χ3v) is 3.48. The van der Waals surface area contributed by atoms with E-state index in [1.54, 1.807) is 0 Å². The van der Waals surface area contributed by atoms with Gasteiger partial charge in [-0.05, 0) is 31.0 Å². The molecule has 3 heteroatoms. The quantitative estimate of drug-likeness (QED) is 0.785. The van der Waals surface area contributed by atoms with E-state index in [2.05, 4.69) is 0 Å². The third-order valence-electron chi connectivity index (χ3n) is 3.48. The van der Waals surface area contributed by atoms with Crippen molar-refractivity contribution in [2.45, 2.75) is 31.1 Å². The zero-order valence-corrected chi connectivity index (χ0v) is 8.67. The van der Waals surface area contributed by atoms with Crippen LogP contribution >= 0.6 is 0 Å². The SMILES string of the molecule is NCC1(c2cc(F)ccc2O)CCCC1. The second-order valence-corrected chi connectivity index (χ2v) is 4.35. The van der Waals surface area contributed by atoms with Crippen molar-refractivity contribution < 1.29 is 9.50 Å². The van der Waals surface area contributed by atoms with E-state index >= 15 is 0 Å². The van der Waals surface area contributed by atoms with Crippen molar-refractivity contribution in [1.82, 2.24) is 0 Å². The molecular formula is C12H16FNO. The molecule has 0 aromatic heterocycles. The fourth-order valence-corrected chi connectivity index (χ4v) is 2.57. The van der Waals surface area contributed by atoms with E-state index in [9.17, 15) is 9.50 Å². The van der Waals surface area contributed by atoms with E-state index in [0.717, 1.165) is 25.7 Å². The maximum atomic E-state index is 13.2. The maximum Gasteiger partial charge on any atom is 0.123 e. The van der Waals surface area contributed by atoms with Crippen molar-refractivity contribution in [1.29, 1.82) is 0 Å². The van der Waals surface area contributed by atoms with Crippen LogP contribution in [0.25, 0.3) is 0 Å². The second kappa shape index (κ2) is 3.81. The summed E-state index contributed by atoms with van der Waals surface area (Å²) in [6.45, 7) is 0.476. The molecule has 1 aromatic carbocycles. The lowest BCUT2D eigenvalue weighted by Gasteiger charge is -2.28. The first-order valence-corrected chi connectivity index (χ1v) is 5.37. The number of nitrogens with two attached hydrogens (primary N) is 1. The molecule has 82 valence electrons. The van der Waals surface area contributed by atoms with Gasteiger partial charge < -0.3 is 10.8 Å². The molecule has 0 bridgehead atoms. The molecule has 1 saturated carbocycles. The lowest BCUT2D eigenvalue weighted by Crippen LogP contribution is -2.32. The Balaban J connectivity index is 2.46. The van der Waals surface area contributed by atoms with Crippen LogP contribution in [-0.2, 0) is 5.41 Å². The van der Waals surface area contributed by atoms with Crippen LogP contribution in [0.15, 0.2) is 18.2 Å². The largest absolute Gasteiger partial charge is 0.508 e. The molecule has 0 spiro atoms. The van der Waals surface area contributed by atoms with Gasteiger partial charge in [0.15, 0.2) is 0 Å². The van der Waals surface area contributed by atoms with Crippen LogP contribution in [0.4, 0.5) is 4.39 Å². The molecule has 0 radical (unpaired) electrons. The van der Waals surface area contributed by atoms with Crippen LogP contribution in [0.1, 0.15) is 31.2 Å². The number of hydrogen-bond donors (Lipinski definition) is 2. The average molecular weight is 209 g/mol. The normalized spacial score (nSPS) is 19.3. The summed E-state index contributed by atoms with van der Waals surface area (Å²) in [5.74, 6) is -0.133. The van der Waals surface area contributed by atoms with Gasteiger partial charge in [-0.1, -0.05) is 12.8 Å². The Kier molecular flexibility index (Phi) is 2.65. The zero-order chi connectivity index (χ0) is 10.9. The molecule has 0 atom stereocenters. The topological polar surface area (TPSA) is 46.2 Å². The summed E-state index contributed by atoms with van der Waals surface area (Å²) in [5, 5.41) is 9.77. The highest BCUT2D eigenvalue weighted by Gasteiger charge is 2.36. The lowest BCUT2D eigenvalue weighted by molar-refractivity contribution is 0.402. The molecule has 1 aromatic rings. The minimum absolute atomic E-state index is 0.170. The van der Waals surface area contributed by atoms with Crippen LogP contribution in [0.2, 0.25) is 0 Å². The Morgan fingerprint density at radius 2 is 2.00 bits per heavy atom. The van der Waals surface area contributed by atoms with Gasteiger partial charge in [-0.2, -0.15) is 0 Å². The van der Waals surface area contributed by atoms with Gasteiger partial charge in [0.1, 0.15) is 11.6 Å². The van der Waals surface area contributed by atoms with Crippen LogP contribution in [0, 0.1) is 5.82 Å². The zero-order valence-electron chi connectivity index (χ0n) is 8.67. The standard InChI is InChI=1S/C12H16FNO/c13-9-3-4-11(15)10(7-9)12(8-14)5-1-2-6-12/h3-4,7,15H,1-2,5-6,8,14H2. The first-order valence-electron chi connectivity index (χ1n) is 5.37. The van der Waals surface area contributed by atoms with E-state index in [0.29, 0.717) is 12.1 Å². The van der Waals surface area contributed by atoms with Crippen LogP contribution < -0.4 is 5.73 Å². The number of hydrogen-bond acceptors (Lipinski definition) is 2. The molecule has 3 N–H and O–H groups in total. The van der Waals surface area contributed by atoms with Gasteiger partial charge in [0, 0.05) is 17.5 Å². The number of halogens is 1. The molecule has 0 aliphatic heterocycles. The van der Waals surface area contributed by atoms with Crippen molar-refractivity contribution in [3.8, 4) is 5.75 Å². The van der Waals surface area contributed by atoms with Gasteiger partial charge in [0.25, 0.3) is 0 Å². The fourth-order valence-electron chi connectivity index (χ4n) is 2.57. The summed E-state index contributed by atoms with van der Waals surface area (Å²) in [7, 11) is 0. The average Bonchev–Trinajstić information content (AvgIpc) is 2.71. The van der Waals surface area contributed by atoms with Crippen molar-refractivity contribution in [3.05, 3.63) is 29.6 Å². The summed E-state index contributed by atoms with van der Waals surface area (Å²) in [5.41, 5.74) is 6.27. The first-order chi connectivity index (χ1) is 7.18. The van der Waals surface area contributed by atoms with Crippen molar-refractivity contribution in [2.75, 3.05) is 6.54 Å². The Labute approximate surface area is 88.9 Å². The smallest absolute Gasteiger partial charge is 0.123 e. The van der Waals surface area contributed by atoms with E-state index in [1.165, 1.54) is 18.2 Å². The van der Waals surface area contributed by atoms with E-state index in [-0.39, 0.29) is 17.0 Å². The monoisotopic (exact) mass is 209 g/mol. The van der Waals surface area contributed by atoms with Gasteiger partial charge in [0.2, 0.25) is 0 Å². The Bertz CT molecular complexity index is 359. The van der Waals surface area contributed by atoms with Crippen LogP contribution in [-0.4, -0.2) is 11.7 Å². The minimum atomic E-state index is -0.303. The van der Waals surface area contributed by atoms with Crippen molar-refractivity contribution in [2.24, 2.45) is 5.73 Å². The maximum absolute atomic E-state index is 13.2. The highest BCUT2D eigenvalue weighted by atomic mass is 19.1. The summed E-state index contributed by atoms with van der Waals surface area (Å²) in [4.78, 5) is 0. The number of phenolic OH excluding ortho intramolecular Hbond substituents is 1. The predicted octanol–water partition coefficient (Wildman–Crippen LogP) is 2.30. The summed E-state index contributed by atoms with van der Waals surface area (Å²) < 4.78 is 13.2. The molecule has 1 fully saturated rings. The number of rotatable bonds is 2. The molecule has 1 aliphatic carbocycles. The molecule has 2 rings (SSSR count). The fraction of sp³-hybridized carbons (Fsp3) is 0.500. The molecule has 15 heavy (non-hydrogen) atoms. The molecule has 0 saturated heterocycles. The van der Waals surface area contributed by atoms with Gasteiger partial charge in [-0.15, -0.1) is 0 Å². The van der Waals surface area contributed by atoms with Gasteiger partial charge in [0.05, 0.1) is 0 Å². The molecule has 1 aliphatic rings. The van der Waals surface area contributed by atoms with E-state index in [1.807, 2.05) is 0 Å². The number of benzene rings is 1. The van der Waals surface area contributed by atoms with Crippen LogP contribution in [0.5, 0.6) is 5.75 Å². The van der Waals surface area contributed by atoms with Gasteiger partial charge >= 0.3 is 0 Å². The van der Waals surface area contributed by atoms with E-state index < -0.39 is 0 Å². The van der Waals surface area contributed by atoms with Gasteiger partial charge in [-0.3, -0.25) is 0 Å². The molecule has 0 amide bonds. The highest BCUT2D eigenvalue weighted by molar-refractivity contribution is 5.40. The third kappa shape index (κ3) is 1.72. The summed E-state index contributed by atoms with van der Waals surface area (Å²) in [6, 6.07) is 4.12. The highest BCUT2D eigenvalue weighted by Crippen LogP contribution is 2.43. The summed E-state index contributed by atoms with van der Waals surface area (Å²) >= 11 is 0. The van der Waals surface area contributed by atoms with Crippen LogP contribution in [0.3, 0.4) is 0 Å².